The molecular formula is C29H30Cl2F2N2O. The predicted molar refractivity (Wildman–Crippen MR) is 142 cm³/mol. The molecule has 4 rings (SSSR count). The van der Waals surface area contributed by atoms with Gasteiger partial charge in [-0.25, -0.2) is 8.78 Å². The van der Waals surface area contributed by atoms with Gasteiger partial charge >= 0.3 is 0 Å². The first kappa shape index (κ1) is 26.6. The van der Waals surface area contributed by atoms with E-state index in [-0.39, 0.29) is 23.4 Å². The van der Waals surface area contributed by atoms with Gasteiger partial charge in [-0.15, -0.1) is 0 Å². The maximum absolute atomic E-state index is 14.0. The van der Waals surface area contributed by atoms with E-state index in [0.717, 1.165) is 45.0 Å². The quantitative estimate of drug-likeness (QED) is 0.319. The minimum atomic E-state index is -0.883. The van der Waals surface area contributed by atoms with Crippen molar-refractivity contribution in [2.75, 3.05) is 26.2 Å². The fourth-order valence-electron chi connectivity index (χ4n) is 4.84. The van der Waals surface area contributed by atoms with Crippen LogP contribution in [0.1, 0.15) is 46.7 Å². The Morgan fingerprint density at radius 3 is 2.42 bits per heavy atom. The molecule has 0 spiro atoms. The molecule has 0 aliphatic carbocycles. The number of hydrogen-bond acceptors (Lipinski definition) is 2. The van der Waals surface area contributed by atoms with Crippen LogP contribution in [0, 0.1) is 17.6 Å². The van der Waals surface area contributed by atoms with Crippen LogP contribution in [0.3, 0.4) is 0 Å². The Morgan fingerprint density at radius 1 is 0.972 bits per heavy atom. The molecule has 36 heavy (non-hydrogen) atoms. The molecular weight excluding hydrogens is 501 g/mol. The second-order valence-electron chi connectivity index (χ2n) is 9.47. The minimum Gasteiger partial charge on any atom is -0.351 e. The van der Waals surface area contributed by atoms with Gasteiger partial charge < -0.3 is 10.2 Å². The second kappa shape index (κ2) is 12.7. The lowest BCUT2D eigenvalue weighted by Crippen LogP contribution is -2.36. The van der Waals surface area contributed by atoms with E-state index in [2.05, 4.69) is 34.5 Å². The molecule has 1 aliphatic heterocycles. The van der Waals surface area contributed by atoms with Crippen molar-refractivity contribution in [1.29, 1.82) is 0 Å². The number of nitrogens with one attached hydrogen (secondary N) is 1. The highest BCUT2D eigenvalue weighted by atomic mass is 35.5. The number of carbonyl (C=O) groups excluding carboxylic acids is 1. The van der Waals surface area contributed by atoms with Crippen molar-refractivity contribution in [3.8, 4) is 0 Å². The zero-order chi connectivity index (χ0) is 25.5. The van der Waals surface area contributed by atoms with Crippen molar-refractivity contribution in [2.24, 2.45) is 5.92 Å². The summed E-state index contributed by atoms with van der Waals surface area (Å²) < 4.78 is 27.6. The molecule has 0 radical (unpaired) electrons. The van der Waals surface area contributed by atoms with E-state index in [0.29, 0.717) is 28.5 Å². The van der Waals surface area contributed by atoms with Crippen LogP contribution in [0.25, 0.3) is 0 Å². The summed E-state index contributed by atoms with van der Waals surface area (Å²) in [4.78, 5) is 15.2. The van der Waals surface area contributed by atoms with Gasteiger partial charge in [0, 0.05) is 17.5 Å². The Labute approximate surface area is 221 Å². The summed E-state index contributed by atoms with van der Waals surface area (Å²) >= 11 is 12.1. The first-order valence-electron chi connectivity index (χ1n) is 12.3. The van der Waals surface area contributed by atoms with Gasteiger partial charge in [0.25, 0.3) is 5.91 Å². The second-order valence-corrected chi connectivity index (χ2v) is 10.3. The third-order valence-electron chi connectivity index (χ3n) is 6.97. The molecule has 1 saturated heterocycles. The fraction of sp³-hybridized carbons (Fsp3) is 0.345. The standard InChI is InChI=1S/C29H30Cl2F2N2O/c30-24-7-8-25(26(31)18-24)29(36)34-19-23(22-6-9-27(32)28(33)17-22)12-15-35-13-10-21(11-14-35)16-20-4-2-1-3-5-20/h1-9,17-18,21,23H,10-16,19H2,(H,34,36). The van der Waals surface area contributed by atoms with Gasteiger partial charge in [-0.2, -0.15) is 0 Å². The highest BCUT2D eigenvalue weighted by molar-refractivity contribution is 6.36. The Hall–Kier alpha value is -2.47. The highest BCUT2D eigenvalue weighted by Gasteiger charge is 2.22. The minimum absolute atomic E-state index is 0.169. The van der Waals surface area contributed by atoms with Crippen molar-refractivity contribution in [3.05, 3.63) is 105 Å². The van der Waals surface area contributed by atoms with E-state index < -0.39 is 11.6 Å². The molecule has 3 aromatic rings. The van der Waals surface area contributed by atoms with Gasteiger partial charge in [0.2, 0.25) is 0 Å². The Balaban J connectivity index is 1.35. The normalized spacial score (nSPS) is 15.6. The summed E-state index contributed by atoms with van der Waals surface area (Å²) in [6, 6.07) is 19.3. The Bertz CT molecular complexity index is 1170. The van der Waals surface area contributed by atoms with E-state index in [1.165, 1.54) is 17.7 Å². The van der Waals surface area contributed by atoms with Gasteiger partial charge in [0.1, 0.15) is 0 Å². The van der Waals surface area contributed by atoms with Crippen LogP contribution in [0.5, 0.6) is 0 Å². The predicted octanol–water partition coefficient (Wildman–Crippen LogP) is 7.13. The molecule has 3 nitrogen and oxygen atoms in total. The molecule has 7 heteroatoms. The number of nitrogens with zero attached hydrogens (tertiary/aromatic N) is 1. The SMILES string of the molecule is O=C(NCC(CCN1CCC(Cc2ccccc2)CC1)c1ccc(F)c(F)c1)c1ccc(Cl)cc1Cl. The molecule has 1 fully saturated rings. The van der Waals surface area contributed by atoms with E-state index in [4.69, 9.17) is 23.2 Å². The average molecular weight is 531 g/mol. The number of rotatable bonds is 9. The van der Waals surface area contributed by atoms with Crippen LogP contribution in [-0.4, -0.2) is 37.0 Å². The van der Waals surface area contributed by atoms with Gasteiger partial charge in [-0.3, -0.25) is 4.79 Å². The highest BCUT2D eigenvalue weighted by Crippen LogP contribution is 2.26. The maximum Gasteiger partial charge on any atom is 0.252 e. The van der Waals surface area contributed by atoms with Crippen molar-refractivity contribution >= 4 is 29.1 Å². The van der Waals surface area contributed by atoms with Crippen molar-refractivity contribution in [1.82, 2.24) is 10.2 Å². The lowest BCUT2D eigenvalue weighted by atomic mass is 9.89. The number of benzene rings is 3. The van der Waals surface area contributed by atoms with Crippen LogP contribution in [0.2, 0.25) is 10.0 Å². The molecule has 1 heterocycles. The molecule has 0 bridgehead atoms. The van der Waals surface area contributed by atoms with E-state index in [9.17, 15) is 13.6 Å². The number of hydrogen-bond donors (Lipinski definition) is 1. The number of halogens is 4. The van der Waals surface area contributed by atoms with Crippen LogP contribution < -0.4 is 5.32 Å². The van der Waals surface area contributed by atoms with E-state index >= 15 is 0 Å². The van der Waals surface area contributed by atoms with Crippen LogP contribution in [-0.2, 0) is 6.42 Å². The first-order valence-corrected chi connectivity index (χ1v) is 13.1. The van der Waals surface area contributed by atoms with Crippen LogP contribution >= 0.6 is 23.2 Å². The Kier molecular flexibility index (Phi) is 9.35. The number of likely N-dealkylation sites (tertiary alicyclic amines) is 1. The summed E-state index contributed by atoms with van der Waals surface area (Å²) in [6.07, 6.45) is 4.08. The van der Waals surface area contributed by atoms with Crippen LogP contribution in [0.15, 0.2) is 66.7 Å². The van der Waals surface area contributed by atoms with Crippen molar-refractivity contribution in [2.45, 2.75) is 31.6 Å². The summed E-state index contributed by atoms with van der Waals surface area (Å²) in [5, 5.41) is 3.63. The zero-order valence-electron chi connectivity index (χ0n) is 20.0. The first-order chi connectivity index (χ1) is 17.4. The van der Waals surface area contributed by atoms with Gasteiger partial charge in [-0.05, 0) is 92.7 Å². The smallest absolute Gasteiger partial charge is 0.252 e. The van der Waals surface area contributed by atoms with E-state index in [1.54, 1.807) is 18.2 Å². The molecule has 1 unspecified atom stereocenters. The molecule has 0 saturated carbocycles. The largest absolute Gasteiger partial charge is 0.351 e. The zero-order valence-corrected chi connectivity index (χ0v) is 21.5. The molecule has 1 atom stereocenters. The molecule has 0 aromatic heterocycles. The average Bonchev–Trinajstić information content (AvgIpc) is 2.87. The molecule has 190 valence electrons. The molecule has 1 amide bonds. The van der Waals surface area contributed by atoms with E-state index in [1.807, 2.05) is 6.07 Å². The van der Waals surface area contributed by atoms with Crippen molar-refractivity contribution in [3.63, 3.8) is 0 Å². The number of piperidine rings is 1. The summed E-state index contributed by atoms with van der Waals surface area (Å²) in [6.45, 7) is 3.12. The summed E-state index contributed by atoms with van der Waals surface area (Å²) in [5.74, 6) is -1.58. The van der Waals surface area contributed by atoms with Gasteiger partial charge in [0.15, 0.2) is 11.6 Å². The van der Waals surface area contributed by atoms with Crippen molar-refractivity contribution < 1.29 is 13.6 Å². The monoisotopic (exact) mass is 530 g/mol. The number of carbonyl (C=O) groups is 1. The maximum atomic E-state index is 14.0. The Morgan fingerprint density at radius 2 is 1.72 bits per heavy atom. The lowest BCUT2D eigenvalue weighted by molar-refractivity contribution is 0.0949. The van der Waals surface area contributed by atoms with Gasteiger partial charge in [-0.1, -0.05) is 59.6 Å². The third-order valence-corrected chi connectivity index (χ3v) is 7.52. The fourth-order valence-corrected chi connectivity index (χ4v) is 5.33. The third kappa shape index (κ3) is 7.28. The topological polar surface area (TPSA) is 32.3 Å². The molecule has 1 N–H and O–H groups in total. The van der Waals surface area contributed by atoms with Crippen LogP contribution in [0.4, 0.5) is 8.78 Å². The molecule has 1 aliphatic rings. The number of amides is 1. The summed E-state index contributed by atoms with van der Waals surface area (Å²) in [5.41, 5.74) is 2.37. The lowest BCUT2D eigenvalue weighted by Gasteiger charge is -2.33. The summed E-state index contributed by atoms with van der Waals surface area (Å²) in [7, 11) is 0. The molecule has 3 aromatic carbocycles. The van der Waals surface area contributed by atoms with Gasteiger partial charge in [0.05, 0.1) is 10.6 Å².